The van der Waals surface area contributed by atoms with Gasteiger partial charge in [-0.25, -0.2) is 4.98 Å². The van der Waals surface area contributed by atoms with Gasteiger partial charge in [-0.1, -0.05) is 36.9 Å². The van der Waals surface area contributed by atoms with Crippen LogP contribution in [0.5, 0.6) is 11.5 Å². The Hall–Kier alpha value is -4.25. The molecule has 0 radical (unpaired) electrons. The molecule has 2 aromatic heterocycles. The first-order valence-electron chi connectivity index (χ1n) is 13.4. The average Bonchev–Trinajstić information content (AvgIpc) is 3.52. The molecular weight excluding hydrogens is 544 g/mol. The van der Waals surface area contributed by atoms with Gasteiger partial charge in [0.15, 0.2) is 16.7 Å². The van der Waals surface area contributed by atoms with Crippen LogP contribution >= 0.6 is 11.8 Å². The molecule has 0 saturated heterocycles. The number of benzene rings is 2. The third-order valence-corrected chi connectivity index (χ3v) is 7.86. The van der Waals surface area contributed by atoms with E-state index in [9.17, 15) is 14.4 Å². The van der Waals surface area contributed by atoms with Gasteiger partial charge in [-0.2, -0.15) is 0 Å². The molecule has 2 amide bonds. The van der Waals surface area contributed by atoms with Crippen LogP contribution < -0.4 is 25.7 Å². The number of para-hydroxylation sites is 1. The Morgan fingerprint density at radius 2 is 1.85 bits per heavy atom. The summed E-state index contributed by atoms with van der Waals surface area (Å²) in [6.07, 6.45) is 2.77. The van der Waals surface area contributed by atoms with Gasteiger partial charge in [-0.15, -0.1) is 0 Å². The van der Waals surface area contributed by atoms with E-state index in [1.807, 2.05) is 31.2 Å². The molecule has 0 aliphatic heterocycles. The maximum absolute atomic E-state index is 13.4. The highest BCUT2D eigenvalue weighted by molar-refractivity contribution is 8.00. The minimum atomic E-state index is -0.486. The highest BCUT2D eigenvalue weighted by atomic mass is 32.2. The third-order valence-electron chi connectivity index (χ3n) is 6.50. The number of furan rings is 1. The molecule has 2 heterocycles. The van der Waals surface area contributed by atoms with E-state index in [2.05, 4.69) is 10.6 Å². The van der Waals surface area contributed by atoms with Crippen LogP contribution in [-0.4, -0.2) is 47.4 Å². The Bertz CT molecular complexity index is 1540. The number of aromatic nitrogens is 2. The van der Waals surface area contributed by atoms with Crippen molar-refractivity contribution in [1.29, 1.82) is 0 Å². The number of nitrogens with one attached hydrogen (secondary N) is 2. The average molecular weight is 579 g/mol. The molecule has 0 saturated carbocycles. The molecule has 0 aliphatic rings. The molecule has 0 aliphatic carbocycles. The number of fused-ring (bicyclic) bond motifs is 1. The molecular formula is C30H34N4O6S. The van der Waals surface area contributed by atoms with Crippen molar-refractivity contribution in [2.45, 2.75) is 49.7 Å². The molecule has 0 unspecified atom stereocenters. The first kappa shape index (κ1) is 29.7. The van der Waals surface area contributed by atoms with Gasteiger partial charge in [0.1, 0.15) is 5.76 Å². The van der Waals surface area contributed by atoms with Gasteiger partial charge < -0.3 is 24.5 Å². The van der Waals surface area contributed by atoms with E-state index >= 15 is 0 Å². The smallest absolute Gasteiger partial charge is 0.262 e. The predicted molar refractivity (Wildman–Crippen MR) is 157 cm³/mol. The van der Waals surface area contributed by atoms with Crippen molar-refractivity contribution in [1.82, 2.24) is 20.2 Å². The molecule has 1 atom stereocenters. The fourth-order valence-electron chi connectivity index (χ4n) is 4.27. The Kier molecular flexibility index (Phi) is 10.4. The normalized spacial score (nSPS) is 11.7. The van der Waals surface area contributed by atoms with E-state index in [0.717, 1.165) is 5.56 Å². The van der Waals surface area contributed by atoms with Crippen molar-refractivity contribution in [2.24, 2.45) is 0 Å². The second-order valence-corrected chi connectivity index (χ2v) is 10.4. The molecule has 4 rings (SSSR count). The molecule has 11 heteroatoms. The van der Waals surface area contributed by atoms with Gasteiger partial charge in [-0.05, 0) is 54.8 Å². The zero-order chi connectivity index (χ0) is 29.2. The summed E-state index contributed by atoms with van der Waals surface area (Å²) in [6, 6.07) is 16.3. The standard InChI is InChI=1S/C30H34N4O6S/c1-4-26(28(36)32-19-21-8-7-17-40-21)41-30-33-23-10-6-5-9-22(23)29(37)34(30)16-14-27(35)31-15-13-20-11-12-24(38-2)25(18-20)39-3/h5-12,17-18,26H,4,13-16,19H2,1-3H3,(H,31,35)(H,32,36)/t26-/m1/s1. The minimum Gasteiger partial charge on any atom is -0.493 e. The van der Waals surface area contributed by atoms with E-state index in [4.69, 9.17) is 18.9 Å². The molecule has 41 heavy (non-hydrogen) atoms. The first-order valence-corrected chi connectivity index (χ1v) is 14.2. The van der Waals surface area contributed by atoms with Gasteiger partial charge in [-0.3, -0.25) is 19.0 Å². The Balaban J connectivity index is 1.42. The van der Waals surface area contributed by atoms with Crippen LogP contribution in [-0.2, 0) is 29.1 Å². The highest BCUT2D eigenvalue weighted by Gasteiger charge is 2.22. The summed E-state index contributed by atoms with van der Waals surface area (Å²) in [5.74, 6) is 1.55. The lowest BCUT2D eigenvalue weighted by Gasteiger charge is -2.18. The van der Waals surface area contributed by atoms with Gasteiger partial charge in [0.2, 0.25) is 11.8 Å². The molecule has 0 spiro atoms. The molecule has 0 bridgehead atoms. The first-order chi connectivity index (χ1) is 19.9. The van der Waals surface area contributed by atoms with Gasteiger partial charge in [0.25, 0.3) is 5.56 Å². The highest BCUT2D eigenvalue weighted by Crippen LogP contribution is 2.28. The number of nitrogens with zero attached hydrogens (tertiary/aromatic N) is 2. The van der Waals surface area contributed by atoms with Crippen LogP contribution in [0.4, 0.5) is 0 Å². The van der Waals surface area contributed by atoms with Crippen molar-refractivity contribution in [3.8, 4) is 11.5 Å². The van der Waals surface area contributed by atoms with Crippen molar-refractivity contribution in [3.63, 3.8) is 0 Å². The lowest BCUT2D eigenvalue weighted by Crippen LogP contribution is -2.33. The summed E-state index contributed by atoms with van der Waals surface area (Å²) in [5.41, 5.74) is 1.29. The minimum absolute atomic E-state index is 0.0842. The number of ether oxygens (including phenoxy) is 2. The van der Waals surface area contributed by atoms with Crippen LogP contribution in [0.25, 0.3) is 10.9 Å². The molecule has 216 valence electrons. The lowest BCUT2D eigenvalue weighted by atomic mass is 10.1. The van der Waals surface area contributed by atoms with E-state index in [-0.39, 0.29) is 36.9 Å². The third kappa shape index (κ3) is 7.69. The molecule has 2 aromatic carbocycles. The van der Waals surface area contributed by atoms with Crippen LogP contribution in [0.2, 0.25) is 0 Å². The lowest BCUT2D eigenvalue weighted by molar-refractivity contribution is -0.122. The molecule has 0 fully saturated rings. The summed E-state index contributed by atoms with van der Waals surface area (Å²) in [7, 11) is 3.16. The van der Waals surface area contributed by atoms with Crippen LogP contribution in [0.1, 0.15) is 31.1 Å². The van der Waals surface area contributed by atoms with Gasteiger partial charge >= 0.3 is 0 Å². The summed E-state index contributed by atoms with van der Waals surface area (Å²) >= 11 is 1.22. The summed E-state index contributed by atoms with van der Waals surface area (Å²) in [5, 5.41) is 6.17. The Morgan fingerprint density at radius 1 is 1.05 bits per heavy atom. The number of carbonyl (C=O) groups excluding carboxylic acids is 2. The van der Waals surface area contributed by atoms with Crippen molar-refractivity contribution < 1.29 is 23.5 Å². The van der Waals surface area contributed by atoms with E-state index in [1.165, 1.54) is 16.3 Å². The summed E-state index contributed by atoms with van der Waals surface area (Å²) < 4.78 is 17.4. The number of carbonyl (C=O) groups is 2. The predicted octanol–water partition coefficient (Wildman–Crippen LogP) is 3.94. The molecule has 4 aromatic rings. The quantitative estimate of drug-likeness (QED) is 0.170. The summed E-state index contributed by atoms with van der Waals surface area (Å²) in [6.45, 7) is 2.73. The largest absolute Gasteiger partial charge is 0.493 e. The van der Waals surface area contributed by atoms with Crippen molar-refractivity contribution in [2.75, 3.05) is 20.8 Å². The van der Waals surface area contributed by atoms with E-state index in [1.54, 1.807) is 50.8 Å². The topological polar surface area (TPSA) is 125 Å². The van der Waals surface area contributed by atoms with Gasteiger partial charge in [0, 0.05) is 19.5 Å². The van der Waals surface area contributed by atoms with Crippen molar-refractivity contribution in [3.05, 3.63) is 82.5 Å². The number of hydrogen-bond acceptors (Lipinski definition) is 8. The number of hydrogen-bond donors (Lipinski definition) is 2. The molecule has 10 nitrogen and oxygen atoms in total. The van der Waals surface area contributed by atoms with Crippen LogP contribution in [0.3, 0.4) is 0 Å². The zero-order valence-electron chi connectivity index (χ0n) is 23.3. The maximum atomic E-state index is 13.4. The van der Waals surface area contributed by atoms with Crippen molar-refractivity contribution >= 4 is 34.5 Å². The molecule has 2 N–H and O–H groups in total. The Morgan fingerprint density at radius 3 is 2.59 bits per heavy atom. The Labute approximate surface area is 242 Å². The van der Waals surface area contributed by atoms with Crippen LogP contribution in [0.15, 0.2) is 75.2 Å². The monoisotopic (exact) mass is 578 g/mol. The number of amides is 2. The van der Waals surface area contributed by atoms with E-state index in [0.29, 0.717) is 52.7 Å². The number of thioether (sulfide) groups is 1. The van der Waals surface area contributed by atoms with Gasteiger partial charge in [0.05, 0.1) is 43.2 Å². The number of methoxy groups -OCH3 is 2. The number of rotatable bonds is 14. The summed E-state index contributed by atoms with van der Waals surface area (Å²) in [4.78, 5) is 43.8. The fourth-order valence-corrected chi connectivity index (χ4v) is 5.33. The van der Waals surface area contributed by atoms with E-state index < -0.39 is 5.25 Å². The fraction of sp³-hybridized carbons (Fsp3) is 0.333. The maximum Gasteiger partial charge on any atom is 0.262 e. The van der Waals surface area contributed by atoms with Crippen LogP contribution in [0, 0.1) is 0 Å². The zero-order valence-corrected chi connectivity index (χ0v) is 24.2. The second kappa shape index (κ2) is 14.4. The SMILES string of the molecule is CC[C@@H](Sc1nc2ccccc2c(=O)n1CCC(=O)NCCc1ccc(OC)c(OC)c1)C(=O)NCc1ccco1. The second-order valence-electron chi connectivity index (χ2n) is 9.22.